The number of hydrogen-bond donors (Lipinski definition) is 2. The first-order valence-corrected chi connectivity index (χ1v) is 7.19. The molecule has 0 aromatic heterocycles. The van der Waals surface area contributed by atoms with Crippen LogP contribution in [0, 0.1) is 6.92 Å². The number of carbonyl (C=O) groups is 1. The van der Waals surface area contributed by atoms with E-state index in [4.69, 9.17) is 28.9 Å². The maximum Gasteiger partial charge on any atom is 0.247 e. The highest BCUT2D eigenvalue weighted by Crippen LogP contribution is 2.33. The number of benzene rings is 2. The molecule has 1 unspecified atom stereocenters. The van der Waals surface area contributed by atoms with Crippen molar-refractivity contribution in [2.24, 2.45) is 5.73 Å². The Kier molecular flexibility index (Phi) is 4.45. The Balaban J connectivity index is 2.45. The number of hydrogen-bond acceptors (Lipinski definition) is 2. The van der Waals surface area contributed by atoms with Crippen molar-refractivity contribution in [3.05, 3.63) is 63.6 Å². The number of nitrogens with one attached hydrogen (secondary N) is 1. The van der Waals surface area contributed by atoms with Crippen molar-refractivity contribution in [2.45, 2.75) is 19.4 Å². The Morgan fingerprint density at radius 1 is 1.14 bits per heavy atom. The molecule has 5 heteroatoms. The topological polar surface area (TPSA) is 55.1 Å². The molecule has 1 amide bonds. The van der Waals surface area contributed by atoms with Crippen LogP contribution in [0.4, 0.5) is 5.69 Å². The van der Waals surface area contributed by atoms with E-state index in [1.54, 1.807) is 25.1 Å². The van der Waals surface area contributed by atoms with Gasteiger partial charge in [0.1, 0.15) is 5.54 Å². The molecule has 2 aromatic rings. The highest BCUT2D eigenvalue weighted by atomic mass is 35.5. The van der Waals surface area contributed by atoms with Gasteiger partial charge in [-0.1, -0.05) is 47.0 Å². The van der Waals surface area contributed by atoms with E-state index in [-0.39, 0.29) is 0 Å². The Hall–Kier alpha value is -1.71. The molecule has 2 rings (SSSR count). The largest absolute Gasteiger partial charge is 0.368 e. The normalized spacial score (nSPS) is 13.5. The van der Waals surface area contributed by atoms with Crippen LogP contribution in [0.25, 0.3) is 0 Å². The third-order valence-electron chi connectivity index (χ3n) is 3.41. The smallest absolute Gasteiger partial charge is 0.247 e. The van der Waals surface area contributed by atoms with E-state index in [1.807, 2.05) is 31.2 Å². The number of amides is 1. The summed E-state index contributed by atoms with van der Waals surface area (Å²) in [5.41, 5.74) is 6.97. The van der Waals surface area contributed by atoms with Crippen LogP contribution >= 0.6 is 23.2 Å². The lowest BCUT2D eigenvalue weighted by atomic mass is 9.90. The number of anilines is 1. The summed E-state index contributed by atoms with van der Waals surface area (Å²) in [6.07, 6.45) is 0. The first kappa shape index (κ1) is 15.7. The minimum absolute atomic E-state index is 0.392. The zero-order chi connectivity index (χ0) is 15.6. The Bertz CT molecular complexity index is 670. The van der Waals surface area contributed by atoms with Gasteiger partial charge in [0.25, 0.3) is 0 Å². The zero-order valence-corrected chi connectivity index (χ0v) is 13.3. The molecule has 0 aliphatic heterocycles. The molecular formula is C16H16Cl2N2O. The molecule has 21 heavy (non-hydrogen) atoms. The van der Waals surface area contributed by atoms with Crippen molar-refractivity contribution in [3.8, 4) is 0 Å². The number of nitrogens with two attached hydrogens (primary N) is 1. The lowest BCUT2D eigenvalue weighted by molar-refractivity contribution is -0.122. The lowest BCUT2D eigenvalue weighted by Gasteiger charge is -2.30. The fraction of sp³-hybridized carbons (Fsp3) is 0.188. The van der Waals surface area contributed by atoms with Crippen LogP contribution in [0.5, 0.6) is 0 Å². The van der Waals surface area contributed by atoms with Gasteiger partial charge >= 0.3 is 0 Å². The van der Waals surface area contributed by atoms with E-state index in [0.29, 0.717) is 15.6 Å². The van der Waals surface area contributed by atoms with Crippen molar-refractivity contribution < 1.29 is 4.79 Å². The number of halogens is 2. The molecule has 0 spiro atoms. The van der Waals surface area contributed by atoms with Crippen molar-refractivity contribution in [1.82, 2.24) is 0 Å². The first-order chi connectivity index (χ1) is 9.83. The summed E-state index contributed by atoms with van der Waals surface area (Å²) in [7, 11) is 0. The standard InChI is InChI=1S/C16H16Cl2N2O/c1-10-3-6-12(7-4-10)20-16(2,15(19)21)13-8-5-11(17)9-14(13)18/h3-9,20H,1-2H3,(H2,19,21). The average Bonchev–Trinajstić information content (AvgIpc) is 2.41. The third-order valence-corrected chi connectivity index (χ3v) is 3.96. The van der Waals surface area contributed by atoms with Gasteiger partial charge < -0.3 is 11.1 Å². The molecule has 0 radical (unpaired) electrons. The number of aryl methyl sites for hydroxylation is 1. The van der Waals surface area contributed by atoms with Crippen molar-refractivity contribution >= 4 is 34.8 Å². The molecule has 2 aromatic carbocycles. The summed E-state index contributed by atoms with van der Waals surface area (Å²) >= 11 is 12.1. The van der Waals surface area contributed by atoms with Crippen LogP contribution in [0.1, 0.15) is 18.1 Å². The van der Waals surface area contributed by atoms with Crippen molar-refractivity contribution in [3.63, 3.8) is 0 Å². The number of carbonyl (C=O) groups excluding carboxylic acids is 1. The van der Waals surface area contributed by atoms with Crippen LogP contribution in [-0.2, 0) is 10.3 Å². The molecule has 0 saturated carbocycles. The van der Waals surface area contributed by atoms with Gasteiger partial charge in [0.2, 0.25) is 5.91 Å². The molecule has 3 N–H and O–H groups in total. The van der Waals surface area contributed by atoms with Crippen LogP contribution in [0.15, 0.2) is 42.5 Å². The van der Waals surface area contributed by atoms with Gasteiger partial charge in [0.05, 0.1) is 0 Å². The SMILES string of the molecule is Cc1ccc(NC(C)(C(N)=O)c2ccc(Cl)cc2Cl)cc1. The first-order valence-electron chi connectivity index (χ1n) is 6.43. The predicted molar refractivity (Wildman–Crippen MR) is 87.8 cm³/mol. The predicted octanol–water partition coefficient (Wildman–Crippen LogP) is 4.11. The van der Waals surface area contributed by atoms with Crippen LogP contribution in [-0.4, -0.2) is 5.91 Å². The van der Waals surface area contributed by atoms with Gasteiger partial charge in [0.15, 0.2) is 0 Å². The van der Waals surface area contributed by atoms with Gasteiger partial charge in [-0.25, -0.2) is 0 Å². The zero-order valence-electron chi connectivity index (χ0n) is 11.8. The van der Waals surface area contributed by atoms with E-state index in [1.165, 1.54) is 0 Å². The summed E-state index contributed by atoms with van der Waals surface area (Å²) < 4.78 is 0. The van der Waals surface area contributed by atoms with Gasteiger partial charge in [-0.15, -0.1) is 0 Å². The van der Waals surface area contributed by atoms with E-state index < -0.39 is 11.4 Å². The van der Waals surface area contributed by atoms with Crippen LogP contribution < -0.4 is 11.1 Å². The third kappa shape index (κ3) is 3.31. The second-order valence-corrected chi connectivity index (χ2v) is 5.95. The Morgan fingerprint density at radius 3 is 2.29 bits per heavy atom. The van der Waals surface area contributed by atoms with Crippen molar-refractivity contribution in [2.75, 3.05) is 5.32 Å². The van der Waals surface area contributed by atoms with E-state index in [2.05, 4.69) is 5.32 Å². The van der Waals surface area contributed by atoms with Gasteiger partial charge in [0, 0.05) is 21.3 Å². The molecule has 1 atom stereocenters. The summed E-state index contributed by atoms with van der Waals surface area (Å²) in [6, 6.07) is 12.7. The minimum Gasteiger partial charge on any atom is -0.368 e. The molecule has 110 valence electrons. The van der Waals surface area contributed by atoms with E-state index >= 15 is 0 Å². The second kappa shape index (κ2) is 5.96. The molecule has 0 heterocycles. The van der Waals surface area contributed by atoms with E-state index in [9.17, 15) is 4.79 Å². The lowest BCUT2D eigenvalue weighted by Crippen LogP contribution is -2.45. The molecule has 0 fully saturated rings. The van der Waals surface area contributed by atoms with Gasteiger partial charge in [-0.3, -0.25) is 4.79 Å². The Morgan fingerprint density at radius 2 is 1.76 bits per heavy atom. The molecule has 0 aliphatic rings. The molecular weight excluding hydrogens is 307 g/mol. The Labute approximate surface area is 134 Å². The summed E-state index contributed by atoms with van der Waals surface area (Å²) in [5.74, 6) is -0.521. The van der Waals surface area contributed by atoms with Gasteiger partial charge in [-0.2, -0.15) is 0 Å². The molecule has 0 saturated heterocycles. The fourth-order valence-electron chi connectivity index (χ4n) is 2.08. The number of primary amides is 1. The summed E-state index contributed by atoms with van der Waals surface area (Å²) in [4.78, 5) is 12.0. The molecule has 0 aliphatic carbocycles. The summed E-state index contributed by atoms with van der Waals surface area (Å²) in [5, 5.41) is 4.05. The van der Waals surface area contributed by atoms with E-state index in [0.717, 1.165) is 11.3 Å². The highest BCUT2D eigenvalue weighted by Gasteiger charge is 2.35. The molecule has 3 nitrogen and oxygen atoms in total. The van der Waals surface area contributed by atoms with Crippen molar-refractivity contribution in [1.29, 1.82) is 0 Å². The van der Waals surface area contributed by atoms with Crippen LogP contribution in [0.3, 0.4) is 0 Å². The molecule has 0 bridgehead atoms. The maximum absolute atomic E-state index is 12.0. The monoisotopic (exact) mass is 322 g/mol. The van der Waals surface area contributed by atoms with Gasteiger partial charge in [-0.05, 0) is 38.1 Å². The number of rotatable bonds is 4. The van der Waals surface area contributed by atoms with Crippen LogP contribution in [0.2, 0.25) is 10.0 Å². The highest BCUT2D eigenvalue weighted by molar-refractivity contribution is 6.35. The average molecular weight is 323 g/mol. The minimum atomic E-state index is -1.13. The summed E-state index contributed by atoms with van der Waals surface area (Å²) in [6.45, 7) is 3.69. The quantitative estimate of drug-likeness (QED) is 0.889. The fourth-order valence-corrected chi connectivity index (χ4v) is 2.68. The maximum atomic E-state index is 12.0. The second-order valence-electron chi connectivity index (χ2n) is 5.10.